The molecule has 0 aliphatic carbocycles. The van der Waals surface area contributed by atoms with Gasteiger partial charge in [-0.15, -0.1) is 0 Å². The van der Waals surface area contributed by atoms with Crippen LogP contribution < -0.4 is 4.90 Å². The van der Waals surface area contributed by atoms with E-state index in [9.17, 15) is 4.79 Å². The van der Waals surface area contributed by atoms with Gasteiger partial charge >= 0.3 is 0 Å². The molecule has 1 amide bonds. The van der Waals surface area contributed by atoms with Crippen molar-refractivity contribution in [1.29, 1.82) is 0 Å². The molecule has 1 aliphatic rings. The van der Waals surface area contributed by atoms with E-state index in [2.05, 4.69) is 28.7 Å². The minimum atomic E-state index is 0.146. The molecular weight excluding hydrogens is 325 g/mol. The van der Waals surface area contributed by atoms with Crippen LogP contribution in [0, 0.1) is 3.57 Å². The zero-order valence-electron chi connectivity index (χ0n) is 9.06. The van der Waals surface area contributed by atoms with Gasteiger partial charge in [-0.05, 0) is 58.5 Å². The molecule has 0 fully saturated rings. The number of hydrogen-bond donors (Lipinski definition) is 0. The van der Waals surface area contributed by atoms with Crippen molar-refractivity contribution in [3.05, 3.63) is 57.7 Å². The predicted molar refractivity (Wildman–Crippen MR) is 76.5 cm³/mol. The molecule has 2 aromatic carbocycles. The molecule has 0 spiro atoms. The summed E-state index contributed by atoms with van der Waals surface area (Å²) in [5.74, 6) is 0.146. The highest BCUT2D eigenvalue weighted by Crippen LogP contribution is 2.35. The molecule has 0 N–H and O–H groups in total. The van der Waals surface area contributed by atoms with Crippen LogP contribution in [0.4, 0.5) is 11.4 Å². The van der Waals surface area contributed by atoms with Crippen molar-refractivity contribution >= 4 is 39.9 Å². The summed E-state index contributed by atoms with van der Waals surface area (Å²) in [6.45, 7) is 0. The third kappa shape index (κ3) is 1.84. The Morgan fingerprint density at radius 3 is 2.59 bits per heavy atom. The molecule has 2 nitrogen and oxygen atoms in total. The average molecular weight is 335 g/mol. The molecule has 0 aromatic heterocycles. The van der Waals surface area contributed by atoms with Gasteiger partial charge in [0.15, 0.2) is 0 Å². The number of halogens is 1. The number of nitrogens with zero attached hydrogens (tertiary/aromatic N) is 1. The fourth-order valence-electron chi connectivity index (χ4n) is 2.15. The average Bonchev–Trinajstić information content (AvgIpc) is 2.65. The molecule has 0 radical (unpaired) electrons. The standard InChI is InChI=1S/C14H10INO/c15-11-6-7-13-10(8-11)9-14(17)16(13)12-4-2-1-3-5-12/h1-8H,9H2. The van der Waals surface area contributed by atoms with Gasteiger partial charge in [0.05, 0.1) is 12.1 Å². The predicted octanol–water partition coefficient (Wildman–Crippen LogP) is 3.51. The normalized spacial score (nSPS) is 13.9. The van der Waals surface area contributed by atoms with Gasteiger partial charge in [0, 0.05) is 9.26 Å². The smallest absolute Gasteiger partial charge is 0.236 e. The summed E-state index contributed by atoms with van der Waals surface area (Å²) in [7, 11) is 0. The maximum atomic E-state index is 12.1. The lowest BCUT2D eigenvalue weighted by Gasteiger charge is -2.17. The first-order chi connectivity index (χ1) is 8.25. The zero-order valence-corrected chi connectivity index (χ0v) is 11.2. The van der Waals surface area contributed by atoms with Gasteiger partial charge in [-0.25, -0.2) is 0 Å². The summed E-state index contributed by atoms with van der Waals surface area (Å²) >= 11 is 2.27. The van der Waals surface area contributed by atoms with Crippen LogP contribution in [0.5, 0.6) is 0 Å². The van der Waals surface area contributed by atoms with E-state index >= 15 is 0 Å². The third-order valence-corrected chi connectivity index (χ3v) is 3.56. The minimum Gasteiger partial charge on any atom is -0.280 e. The molecule has 84 valence electrons. The van der Waals surface area contributed by atoms with Crippen molar-refractivity contribution in [2.24, 2.45) is 0 Å². The molecule has 1 heterocycles. The molecule has 0 saturated heterocycles. The number of anilines is 2. The van der Waals surface area contributed by atoms with Crippen molar-refractivity contribution in [1.82, 2.24) is 0 Å². The molecule has 3 rings (SSSR count). The molecule has 0 atom stereocenters. The fraction of sp³-hybridized carbons (Fsp3) is 0.0714. The maximum absolute atomic E-state index is 12.1. The van der Waals surface area contributed by atoms with E-state index in [1.165, 1.54) is 3.57 Å². The Bertz CT molecular complexity index is 580. The summed E-state index contributed by atoms with van der Waals surface area (Å²) in [6.07, 6.45) is 0.501. The summed E-state index contributed by atoms with van der Waals surface area (Å²) in [6, 6.07) is 15.9. The van der Waals surface area contributed by atoms with Crippen LogP contribution in [0.1, 0.15) is 5.56 Å². The number of para-hydroxylation sites is 1. The van der Waals surface area contributed by atoms with E-state index in [0.29, 0.717) is 6.42 Å². The second kappa shape index (κ2) is 4.14. The van der Waals surface area contributed by atoms with Crippen LogP contribution in [0.2, 0.25) is 0 Å². The van der Waals surface area contributed by atoms with Gasteiger partial charge in [-0.2, -0.15) is 0 Å². The summed E-state index contributed by atoms with van der Waals surface area (Å²) in [5.41, 5.74) is 3.07. The van der Waals surface area contributed by atoms with Gasteiger partial charge < -0.3 is 0 Å². The lowest BCUT2D eigenvalue weighted by Crippen LogP contribution is -2.20. The van der Waals surface area contributed by atoms with Crippen molar-refractivity contribution in [2.75, 3.05) is 4.90 Å². The molecule has 2 aromatic rings. The largest absolute Gasteiger partial charge is 0.280 e. The fourth-order valence-corrected chi connectivity index (χ4v) is 2.71. The molecular formula is C14H10INO. The Morgan fingerprint density at radius 1 is 1.06 bits per heavy atom. The van der Waals surface area contributed by atoms with E-state index < -0.39 is 0 Å². The first kappa shape index (κ1) is 10.8. The molecule has 0 unspecified atom stereocenters. The minimum absolute atomic E-state index is 0.146. The highest BCUT2D eigenvalue weighted by molar-refractivity contribution is 14.1. The molecule has 1 aliphatic heterocycles. The Morgan fingerprint density at radius 2 is 1.82 bits per heavy atom. The Kier molecular flexibility index (Phi) is 2.63. The third-order valence-electron chi connectivity index (χ3n) is 2.89. The second-order valence-corrected chi connectivity index (χ2v) is 5.26. The quantitative estimate of drug-likeness (QED) is 0.731. The SMILES string of the molecule is O=C1Cc2cc(I)ccc2N1c1ccccc1. The van der Waals surface area contributed by atoms with Crippen LogP contribution in [0.25, 0.3) is 0 Å². The number of amides is 1. The Hall–Kier alpha value is -1.36. The van der Waals surface area contributed by atoms with Gasteiger partial charge in [-0.3, -0.25) is 9.69 Å². The molecule has 3 heteroatoms. The zero-order chi connectivity index (χ0) is 11.8. The highest BCUT2D eigenvalue weighted by Gasteiger charge is 2.28. The number of hydrogen-bond acceptors (Lipinski definition) is 1. The van der Waals surface area contributed by atoms with E-state index in [1.54, 1.807) is 4.90 Å². The number of rotatable bonds is 1. The molecule has 17 heavy (non-hydrogen) atoms. The number of fused-ring (bicyclic) bond motifs is 1. The maximum Gasteiger partial charge on any atom is 0.236 e. The second-order valence-electron chi connectivity index (χ2n) is 4.01. The van der Waals surface area contributed by atoms with Gasteiger partial charge in [-0.1, -0.05) is 18.2 Å². The van der Waals surface area contributed by atoms with Crippen molar-refractivity contribution < 1.29 is 4.79 Å². The van der Waals surface area contributed by atoms with E-state index in [-0.39, 0.29) is 5.91 Å². The summed E-state index contributed by atoms with van der Waals surface area (Å²) in [4.78, 5) is 13.9. The van der Waals surface area contributed by atoms with Crippen LogP contribution in [0.15, 0.2) is 48.5 Å². The molecule has 0 saturated carbocycles. The lowest BCUT2D eigenvalue weighted by atomic mass is 10.2. The van der Waals surface area contributed by atoms with Crippen molar-refractivity contribution in [3.8, 4) is 0 Å². The van der Waals surface area contributed by atoms with Gasteiger partial charge in [0.2, 0.25) is 5.91 Å². The van der Waals surface area contributed by atoms with E-state index in [0.717, 1.165) is 16.9 Å². The van der Waals surface area contributed by atoms with Crippen LogP contribution in [0.3, 0.4) is 0 Å². The highest BCUT2D eigenvalue weighted by atomic mass is 127. The molecule has 0 bridgehead atoms. The van der Waals surface area contributed by atoms with Gasteiger partial charge in [0.25, 0.3) is 0 Å². The first-order valence-corrected chi connectivity index (χ1v) is 6.50. The van der Waals surface area contributed by atoms with Crippen LogP contribution in [-0.4, -0.2) is 5.91 Å². The summed E-state index contributed by atoms with van der Waals surface area (Å²) < 4.78 is 1.17. The first-order valence-electron chi connectivity index (χ1n) is 5.42. The topological polar surface area (TPSA) is 20.3 Å². The lowest BCUT2D eigenvalue weighted by molar-refractivity contribution is -0.116. The summed E-state index contributed by atoms with van der Waals surface area (Å²) in [5, 5.41) is 0. The number of benzene rings is 2. The van der Waals surface area contributed by atoms with Gasteiger partial charge in [0.1, 0.15) is 0 Å². The Labute approximate surface area is 113 Å². The number of carbonyl (C=O) groups excluding carboxylic acids is 1. The monoisotopic (exact) mass is 335 g/mol. The number of carbonyl (C=O) groups is 1. The van der Waals surface area contributed by atoms with Crippen molar-refractivity contribution in [3.63, 3.8) is 0 Å². The van der Waals surface area contributed by atoms with Crippen LogP contribution in [-0.2, 0) is 11.2 Å². The van der Waals surface area contributed by atoms with E-state index in [1.807, 2.05) is 42.5 Å². The van der Waals surface area contributed by atoms with E-state index in [4.69, 9.17) is 0 Å². The van der Waals surface area contributed by atoms with Crippen molar-refractivity contribution in [2.45, 2.75) is 6.42 Å². The van der Waals surface area contributed by atoms with Crippen LogP contribution >= 0.6 is 22.6 Å². The Balaban J connectivity index is 2.12.